The third-order valence-electron chi connectivity index (χ3n) is 3.52. The van der Waals surface area contributed by atoms with Gasteiger partial charge in [-0.25, -0.2) is 0 Å². The Morgan fingerprint density at radius 2 is 1.86 bits per heavy atom. The Morgan fingerprint density at radius 1 is 1.19 bits per heavy atom. The largest absolute Gasteiger partial charge is 0.508 e. The van der Waals surface area contributed by atoms with Gasteiger partial charge in [0.2, 0.25) is 0 Å². The molecule has 0 heterocycles. The van der Waals surface area contributed by atoms with Crippen molar-refractivity contribution in [2.75, 3.05) is 11.4 Å². The van der Waals surface area contributed by atoms with Gasteiger partial charge in [-0.1, -0.05) is 36.4 Å². The zero-order valence-corrected chi connectivity index (χ0v) is 12.3. The molecule has 2 aromatic rings. The molecule has 1 atom stereocenters. The average molecular weight is 284 g/mol. The molecule has 3 N–H and O–H groups in total. The number of hydrogen-bond acceptors (Lipinski definition) is 3. The predicted octanol–water partition coefficient (Wildman–Crippen LogP) is 2.62. The molecule has 0 spiro atoms. The summed E-state index contributed by atoms with van der Waals surface area (Å²) in [7, 11) is 0. The van der Waals surface area contributed by atoms with Crippen LogP contribution in [0.15, 0.2) is 54.6 Å². The van der Waals surface area contributed by atoms with Crippen LogP contribution in [-0.2, 0) is 10.3 Å². The number of phenolic OH excluding ortho intramolecular Hbond substituents is 1. The van der Waals surface area contributed by atoms with Gasteiger partial charge >= 0.3 is 0 Å². The third kappa shape index (κ3) is 3.06. The van der Waals surface area contributed by atoms with E-state index in [2.05, 4.69) is 0 Å². The number of carbonyl (C=O) groups excluding carboxylic acids is 1. The Morgan fingerprint density at radius 3 is 2.43 bits per heavy atom. The second kappa shape index (κ2) is 5.97. The normalized spacial score (nSPS) is 13.5. The molecule has 0 aliphatic heterocycles. The Kier molecular flexibility index (Phi) is 4.29. The SMILES string of the molecule is CCN(C(=O)C(C)(N)c1ccccc1)c1cccc(O)c1. The van der Waals surface area contributed by atoms with E-state index in [-0.39, 0.29) is 11.7 Å². The number of amides is 1. The lowest BCUT2D eigenvalue weighted by Crippen LogP contribution is -2.51. The third-order valence-corrected chi connectivity index (χ3v) is 3.52. The number of nitrogens with zero attached hydrogens (tertiary/aromatic N) is 1. The summed E-state index contributed by atoms with van der Waals surface area (Å²) in [6.07, 6.45) is 0. The molecular formula is C17H20N2O2. The standard InChI is InChI=1S/C17H20N2O2/c1-3-19(14-10-7-11-15(20)12-14)16(21)17(2,18)13-8-5-4-6-9-13/h4-12,20H,3,18H2,1-2H3. The molecule has 0 saturated carbocycles. The molecule has 2 rings (SSSR count). The summed E-state index contributed by atoms with van der Waals surface area (Å²) in [6.45, 7) is 4.06. The van der Waals surface area contributed by atoms with Crippen molar-refractivity contribution >= 4 is 11.6 Å². The number of carbonyl (C=O) groups is 1. The van der Waals surface area contributed by atoms with Crippen molar-refractivity contribution in [3.05, 3.63) is 60.2 Å². The Labute approximate surface area is 124 Å². The molecule has 0 bridgehead atoms. The van der Waals surface area contributed by atoms with Crippen molar-refractivity contribution in [2.45, 2.75) is 19.4 Å². The van der Waals surface area contributed by atoms with E-state index in [0.717, 1.165) is 5.56 Å². The number of aromatic hydroxyl groups is 1. The molecule has 21 heavy (non-hydrogen) atoms. The zero-order chi connectivity index (χ0) is 15.5. The molecule has 4 heteroatoms. The van der Waals surface area contributed by atoms with E-state index in [1.807, 2.05) is 37.3 Å². The number of phenols is 1. The first-order chi connectivity index (χ1) is 9.96. The maximum atomic E-state index is 12.8. The number of rotatable bonds is 4. The van der Waals surface area contributed by atoms with Gasteiger partial charge in [-0.05, 0) is 31.5 Å². The van der Waals surface area contributed by atoms with E-state index in [1.165, 1.54) is 0 Å². The number of hydrogen-bond donors (Lipinski definition) is 2. The smallest absolute Gasteiger partial charge is 0.251 e. The molecule has 4 nitrogen and oxygen atoms in total. The maximum absolute atomic E-state index is 12.8. The first-order valence-corrected chi connectivity index (χ1v) is 6.92. The van der Waals surface area contributed by atoms with Crippen molar-refractivity contribution in [1.82, 2.24) is 0 Å². The lowest BCUT2D eigenvalue weighted by atomic mass is 9.91. The predicted molar refractivity (Wildman–Crippen MR) is 84.1 cm³/mol. The monoisotopic (exact) mass is 284 g/mol. The highest BCUT2D eigenvalue weighted by molar-refractivity contribution is 6.00. The zero-order valence-electron chi connectivity index (χ0n) is 12.3. The highest BCUT2D eigenvalue weighted by Crippen LogP contribution is 2.26. The quantitative estimate of drug-likeness (QED) is 0.907. The van der Waals surface area contributed by atoms with E-state index in [1.54, 1.807) is 36.1 Å². The lowest BCUT2D eigenvalue weighted by Gasteiger charge is -2.31. The Balaban J connectivity index is 2.36. The van der Waals surface area contributed by atoms with E-state index in [0.29, 0.717) is 12.2 Å². The summed E-state index contributed by atoms with van der Waals surface area (Å²) < 4.78 is 0. The Hall–Kier alpha value is -2.33. The van der Waals surface area contributed by atoms with Gasteiger partial charge in [0.05, 0.1) is 0 Å². The van der Waals surface area contributed by atoms with E-state index in [9.17, 15) is 9.90 Å². The van der Waals surface area contributed by atoms with Crippen LogP contribution in [0, 0.1) is 0 Å². The first-order valence-electron chi connectivity index (χ1n) is 6.92. The van der Waals surface area contributed by atoms with Gasteiger partial charge in [-0.15, -0.1) is 0 Å². The van der Waals surface area contributed by atoms with Crippen molar-refractivity contribution in [3.8, 4) is 5.75 Å². The number of anilines is 1. The van der Waals surface area contributed by atoms with E-state index in [4.69, 9.17) is 5.73 Å². The minimum atomic E-state index is -1.12. The fourth-order valence-corrected chi connectivity index (χ4v) is 2.29. The second-order valence-electron chi connectivity index (χ2n) is 5.14. The van der Waals surface area contributed by atoms with Gasteiger partial charge in [0.15, 0.2) is 0 Å². The highest BCUT2D eigenvalue weighted by Gasteiger charge is 2.34. The van der Waals surface area contributed by atoms with Crippen molar-refractivity contribution in [2.24, 2.45) is 5.73 Å². The van der Waals surface area contributed by atoms with Crippen molar-refractivity contribution in [3.63, 3.8) is 0 Å². The highest BCUT2D eigenvalue weighted by atomic mass is 16.3. The van der Waals surface area contributed by atoms with E-state index < -0.39 is 5.54 Å². The summed E-state index contributed by atoms with van der Waals surface area (Å²) in [4.78, 5) is 14.4. The lowest BCUT2D eigenvalue weighted by molar-refractivity contribution is -0.123. The topological polar surface area (TPSA) is 66.6 Å². The van der Waals surface area contributed by atoms with Crippen LogP contribution in [0.4, 0.5) is 5.69 Å². The molecule has 0 aromatic heterocycles. The van der Waals surface area contributed by atoms with Crippen LogP contribution in [0.3, 0.4) is 0 Å². The molecule has 2 aromatic carbocycles. The van der Waals surface area contributed by atoms with Crippen LogP contribution in [0.25, 0.3) is 0 Å². The van der Waals surface area contributed by atoms with Crippen LogP contribution in [-0.4, -0.2) is 17.6 Å². The molecule has 0 saturated heterocycles. The maximum Gasteiger partial charge on any atom is 0.251 e. The van der Waals surface area contributed by atoms with Gasteiger partial charge in [-0.3, -0.25) is 4.79 Å². The van der Waals surface area contributed by atoms with Gasteiger partial charge in [-0.2, -0.15) is 0 Å². The molecule has 0 aliphatic carbocycles. The summed E-state index contributed by atoms with van der Waals surface area (Å²) in [5.74, 6) is -0.0843. The van der Waals surface area contributed by atoms with Crippen LogP contribution in [0.5, 0.6) is 5.75 Å². The second-order valence-corrected chi connectivity index (χ2v) is 5.14. The molecule has 110 valence electrons. The van der Waals surface area contributed by atoms with Gasteiger partial charge in [0, 0.05) is 18.3 Å². The number of likely N-dealkylation sites (N-methyl/N-ethyl adjacent to an activating group) is 1. The van der Waals surface area contributed by atoms with Crippen LogP contribution < -0.4 is 10.6 Å². The average Bonchev–Trinajstić information content (AvgIpc) is 2.49. The van der Waals surface area contributed by atoms with Crippen LogP contribution in [0.1, 0.15) is 19.4 Å². The minimum Gasteiger partial charge on any atom is -0.508 e. The van der Waals surface area contributed by atoms with Crippen molar-refractivity contribution in [1.29, 1.82) is 0 Å². The van der Waals surface area contributed by atoms with Crippen LogP contribution >= 0.6 is 0 Å². The summed E-state index contributed by atoms with van der Waals surface area (Å²) in [6, 6.07) is 15.9. The number of benzene rings is 2. The molecule has 1 unspecified atom stereocenters. The van der Waals surface area contributed by atoms with Gasteiger partial charge in [0.25, 0.3) is 5.91 Å². The summed E-state index contributed by atoms with van der Waals surface area (Å²) in [5.41, 5.74) is 6.55. The van der Waals surface area contributed by atoms with Gasteiger partial charge in [0.1, 0.15) is 11.3 Å². The fraction of sp³-hybridized carbons (Fsp3) is 0.235. The number of nitrogens with two attached hydrogens (primary N) is 1. The molecule has 1 amide bonds. The Bertz CT molecular complexity index is 624. The molecular weight excluding hydrogens is 264 g/mol. The fourth-order valence-electron chi connectivity index (χ4n) is 2.29. The van der Waals surface area contributed by atoms with Crippen LogP contribution in [0.2, 0.25) is 0 Å². The summed E-state index contributed by atoms with van der Waals surface area (Å²) >= 11 is 0. The molecule has 0 fully saturated rings. The molecule has 0 aliphatic rings. The van der Waals surface area contributed by atoms with Crippen molar-refractivity contribution < 1.29 is 9.90 Å². The van der Waals surface area contributed by atoms with Gasteiger partial charge < -0.3 is 15.7 Å². The van der Waals surface area contributed by atoms with E-state index >= 15 is 0 Å². The summed E-state index contributed by atoms with van der Waals surface area (Å²) in [5, 5.41) is 9.59. The first kappa shape index (κ1) is 15.1. The molecule has 0 radical (unpaired) electrons. The minimum absolute atomic E-state index is 0.122.